The van der Waals surface area contributed by atoms with Crippen LogP contribution in [0.1, 0.15) is 23.2 Å². The molecule has 1 amide bonds. The Morgan fingerprint density at radius 3 is 2.82 bits per heavy atom. The van der Waals surface area contributed by atoms with E-state index in [4.69, 9.17) is 0 Å². The molecule has 2 fully saturated rings. The maximum atomic E-state index is 13.6. The molecule has 0 unspecified atom stereocenters. The highest BCUT2D eigenvalue weighted by molar-refractivity contribution is 5.95. The van der Waals surface area contributed by atoms with Gasteiger partial charge < -0.3 is 10.2 Å². The zero-order valence-corrected chi connectivity index (χ0v) is 9.58. The number of carbonyl (C=O) groups excluding carboxylic acids is 1. The molecule has 4 heteroatoms. The van der Waals surface area contributed by atoms with E-state index in [0.717, 1.165) is 25.9 Å². The van der Waals surface area contributed by atoms with E-state index in [-0.39, 0.29) is 17.0 Å². The molecule has 1 saturated heterocycles. The van der Waals surface area contributed by atoms with Crippen molar-refractivity contribution in [3.63, 3.8) is 0 Å². The lowest BCUT2D eigenvalue weighted by Gasteiger charge is -2.36. The summed E-state index contributed by atoms with van der Waals surface area (Å²) in [5.41, 5.74) is 0.165. The quantitative estimate of drug-likeness (QED) is 0.796. The van der Waals surface area contributed by atoms with Crippen LogP contribution in [0, 0.1) is 5.82 Å². The lowest BCUT2D eigenvalue weighted by atomic mass is 10.1. The highest BCUT2D eigenvalue weighted by Crippen LogP contribution is 2.43. The van der Waals surface area contributed by atoms with Crippen molar-refractivity contribution in [1.29, 1.82) is 0 Å². The normalized spacial score (nSPS) is 21.6. The van der Waals surface area contributed by atoms with Crippen molar-refractivity contribution in [3.8, 4) is 0 Å². The first kappa shape index (κ1) is 10.7. The van der Waals surface area contributed by atoms with Crippen LogP contribution < -0.4 is 5.32 Å². The third-order valence-electron chi connectivity index (χ3n) is 3.72. The van der Waals surface area contributed by atoms with E-state index in [1.54, 1.807) is 18.2 Å². The molecule has 1 aromatic rings. The van der Waals surface area contributed by atoms with E-state index in [2.05, 4.69) is 5.32 Å². The van der Waals surface area contributed by atoms with Gasteiger partial charge in [0.15, 0.2) is 0 Å². The van der Waals surface area contributed by atoms with Gasteiger partial charge in [0.1, 0.15) is 5.82 Å². The topological polar surface area (TPSA) is 32.3 Å². The minimum Gasteiger partial charge on any atom is -0.330 e. The predicted octanol–water partition coefficient (Wildman–Crippen LogP) is 1.40. The molecule has 1 N–H and O–H groups in total. The second kappa shape index (κ2) is 3.81. The van der Waals surface area contributed by atoms with Crippen molar-refractivity contribution in [2.75, 3.05) is 19.6 Å². The third kappa shape index (κ3) is 1.72. The molecular weight excluding hydrogens is 219 g/mol. The Labute approximate surface area is 99.6 Å². The Hall–Kier alpha value is -1.42. The SMILES string of the molecule is O=C(c1ccccc1F)N1CCNCC12CC2. The maximum Gasteiger partial charge on any atom is 0.257 e. The summed E-state index contributed by atoms with van der Waals surface area (Å²) >= 11 is 0. The number of carbonyl (C=O) groups is 1. The first-order chi connectivity index (χ1) is 8.23. The fourth-order valence-electron chi connectivity index (χ4n) is 2.53. The number of rotatable bonds is 1. The number of piperazine rings is 1. The molecule has 90 valence electrons. The summed E-state index contributed by atoms with van der Waals surface area (Å²) in [6.07, 6.45) is 2.06. The van der Waals surface area contributed by atoms with Crippen LogP contribution in [0.2, 0.25) is 0 Å². The smallest absolute Gasteiger partial charge is 0.257 e. The molecule has 1 heterocycles. The molecule has 2 aliphatic rings. The summed E-state index contributed by atoms with van der Waals surface area (Å²) in [5.74, 6) is -0.589. The molecule has 0 radical (unpaired) electrons. The predicted molar refractivity (Wildman–Crippen MR) is 62.3 cm³/mol. The van der Waals surface area contributed by atoms with Gasteiger partial charge in [0.2, 0.25) is 0 Å². The molecule has 1 spiro atoms. The molecule has 3 nitrogen and oxygen atoms in total. The monoisotopic (exact) mass is 234 g/mol. The van der Waals surface area contributed by atoms with E-state index in [1.807, 2.05) is 4.90 Å². The number of benzene rings is 1. The van der Waals surface area contributed by atoms with Crippen molar-refractivity contribution in [2.24, 2.45) is 0 Å². The maximum absolute atomic E-state index is 13.6. The van der Waals surface area contributed by atoms with Crippen molar-refractivity contribution in [1.82, 2.24) is 10.2 Å². The first-order valence-electron chi connectivity index (χ1n) is 6.00. The minimum atomic E-state index is -0.424. The molecule has 0 bridgehead atoms. The Balaban J connectivity index is 1.89. The number of amides is 1. The van der Waals surface area contributed by atoms with Crippen LogP contribution in [0.4, 0.5) is 4.39 Å². The second-order valence-electron chi connectivity index (χ2n) is 4.84. The average molecular weight is 234 g/mol. The molecule has 0 aromatic heterocycles. The lowest BCUT2D eigenvalue weighted by Crippen LogP contribution is -2.55. The van der Waals surface area contributed by atoms with Crippen LogP contribution in [0.5, 0.6) is 0 Å². The van der Waals surface area contributed by atoms with Crippen molar-refractivity contribution >= 4 is 5.91 Å². The Kier molecular flexibility index (Phi) is 2.40. The Morgan fingerprint density at radius 2 is 2.12 bits per heavy atom. The number of nitrogens with one attached hydrogen (secondary N) is 1. The summed E-state index contributed by atoms with van der Waals surface area (Å²) in [6.45, 7) is 2.31. The highest BCUT2D eigenvalue weighted by Gasteiger charge is 2.51. The van der Waals surface area contributed by atoms with Crippen molar-refractivity contribution < 1.29 is 9.18 Å². The van der Waals surface area contributed by atoms with Gasteiger partial charge in [-0.2, -0.15) is 0 Å². The summed E-state index contributed by atoms with van der Waals surface area (Å²) in [5, 5.41) is 3.30. The molecule has 1 aromatic carbocycles. The molecule has 0 atom stereocenters. The molecule has 1 aliphatic heterocycles. The van der Waals surface area contributed by atoms with Crippen LogP contribution in [0.15, 0.2) is 24.3 Å². The van der Waals surface area contributed by atoms with Crippen LogP contribution in [0.3, 0.4) is 0 Å². The van der Waals surface area contributed by atoms with Crippen LogP contribution in [-0.2, 0) is 0 Å². The highest BCUT2D eigenvalue weighted by atomic mass is 19.1. The number of halogens is 1. The summed E-state index contributed by atoms with van der Waals surface area (Å²) in [7, 11) is 0. The summed E-state index contributed by atoms with van der Waals surface area (Å²) < 4.78 is 13.6. The van der Waals surface area contributed by atoms with Gasteiger partial charge in [-0.1, -0.05) is 12.1 Å². The van der Waals surface area contributed by atoms with Gasteiger partial charge in [-0.25, -0.2) is 4.39 Å². The van der Waals surface area contributed by atoms with Gasteiger partial charge in [0.25, 0.3) is 5.91 Å². The largest absolute Gasteiger partial charge is 0.330 e. The van der Waals surface area contributed by atoms with Gasteiger partial charge in [0, 0.05) is 19.6 Å². The van der Waals surface area contributed by atoms with Crippen molar-refractivity contribution in [2.45, 2.75) is 18.4 Å². The summed E-state index contributed by atoms with van der Waals surface area (Å²) in [4.78, 5) is 14.2. The van der Waals surface area contributed by atoms with E-state index in [9.17, 15) is 9.18 Å². The number of hydrogen-bond acceptors (Lipinski definition) is 2. The van der Waals surface area contributed by atoms with Gasteiger partial charge in [-0.15, -0.1) is 0 Å². The molecular formula is C13H15FN2O. The Bertz CT molecular complexity index is 456. The van der Waals surface area contributed by atoms with Gasteiger partial charge in [-0.3, -0.25) is 4.79 Å². The fraction of sp³-hybridized carbons (Fsp3) is 0.462. The molecule has 3 rings (SSSR count). The standard InChI is InChI=1S/C13H15FN2O/c14-11-4-2-1-3-10(11)12(17)16-8-7-15-9-13(16)5-6-13/h1-4,15H,5-9H2. The second-order valence-corrected chi connectivity index (χ2v) is 4.84. The zero-order chi connectivity index (χ0) is 11.9. The Morgan fingerprint density at radius 1 is 1.35 bits per heavy atom. The van der Waals surface area contributed by atoms with E-state index >= 15 is 0 Å². The van der Waals surface area contributed by atoms with Crippen LogP contribution in [0.25, 0.3) is 0 Å². The fourth-order valence-corrected chi connectivity index (χ4v) is 2.53. The lowest BCUT2D eigenvalue weighted by molar-refractivity contribution is 0.0596. The third-order valence-corrected chi connectivity index (χ3v) is 3.72. The average Bonchev–Trinajstić information content (AvgIpc) is 3.10. The van der Waals surface area contributed by atoms with Crippen LogP contribution in [-0.4, -0.2) is 36.0 Å². The summed E-state index contributed by atoms with van der Waals surface area (Å²) in [6, 6.07) is 6.22. The minimum absolute atomic E-state index is 0.0301. The van der Waals surface area contributed by atoms with E-state index < -0.39 is 5.82 Å². The number of hydrogen-bond donors (Lipinski definition) is 1. The molecule has 17 heavy (non-hydrogen) atoms. The molecule has 1 saturated carbocycles. The van der Waals surface area contributed by atoms with Gasteiger partial charge in [0.05, 0.1) is 11.1 Å². The van der Waals surface area contributed by atoms with Crippen LogP contribution >= 0.6 is 0 Å². The first-order valence-corrected chi connectivity index (χ1v) is 6.00. The molecule has 1 aliphatic carbocycles. The zero-order valence-electron chi connectivity index (χ0n) is 9.58. The van der Waals surface area contributed by atoms with E-state index in [1.165, 1.54) is 6.07 Å². The van der Waals surface area contributed by atoms with Crippen molar-refractivity contribution in [3.05, 3.63) is 35.6 Å². The van der Waals surface area contributed by atoms with Gasteiger partial charge >= 0.3 is 0 Å². The van der Waals surface area contributed by atoms with Gasteiger partial charge in [-0.05, 0) is 25.0 Å². The van der Waals surface area contributed by atoms with E-state index in [0.29, 0.717) is 6.54 Å². The number of nitrogens with zero attached hydrogens (tertiary/aromatic N) is 1.